The van der Waals surface area contributed by atoms with Crippen LogP contribution in [-0.2, 0) is 6.54 Å². The molecule has 0 bridgehead atoms. The molecule has 124 valence electrons. The van der Waals surface area contributed by atoms with Crippen LogP contribution in [0.1, 0.15) is 15.9 Å². The van der Waals surface area contributed by atoms with Gasteiger partial charge < -0.3 is 4.90 Å². The largest absolute Gasteiger partial charge is 0.325 e. The van der Waals surface area contributed by atoms with E-state index in [9.17, 15) is 4.79 Å². The molecule has 0 spiro atoms. The molecule has 0 atom stereocenters. The molecule has 0 heterocycles. The van der Waals surface area contributed by atoms with Crippen LogP contribution in [-0.4, -0.2) is 10.8 Å². The van der Waals surface area contributed by atoms with Crippen LogP contribution < -0.4 is 4.90 Å². The Hall–Kier alpha value is -2.30. The lowest BCUT2D eigenvalue weighted by Crippen LogP contribution is -2.34. The Kier molecular flexibility index (Phi) is 5.74. The highest BCUT2D eigenvalue weighted by molar-refractivity contribution is 9.10. The van der Waals surface area contributed by atoms with Crippen molar-refractivity contribution in [2.45, 2.75) is 6.54 Å². The quantitative estimate of drug-likeness (QED) is 0.400. The number of para-hydroxylation sites is 1. The minimum Gasteiger partial charge on any atom is -0.325 e. The number of halogens is 1. The highest BCUT2D eigenvalue weighted by atomic mass is 79.9. The second kappa shape index (κ2) is 8.19. The van der Waals surface area contributed by atoms with Gasteiger partial charge in [0.1, 0.15) is 0 Å². The van der Waals surface area contributed by atoms with Gasteiger partial charge in [0.05, 0.1) is 0 Å². The third-order valence-corrected chi connectivity index (χ3v) is 4.73. The van der Waals surface area contributed by atoms with Gasteiger partial charge in [0, 0.05) is 22.3 Å². The van der Waals surface area contributed by atoms with E-state index in [1.54, 1.807) is 12.1 Å². The van der Waals surface area contributed by atoms with Gasteiger partial charge in [-0.05, 0) is 42.0 Å². The van der Waals surface area contributed by atoms with Crippen LogP contribution in [0.3, 0.4) is 0 Å². The van der Waals surface area contributed by atoms with E-state index in [4.69, 9.17) is 12.2 Å². The van der Waals surface area contributed by atoms with Crippen molar-refractivity contribution < 1.29 is 4.79 Å². The third kappa shape index (κ3) is 4.41. The van der Waals surface area contributed by atoms with Gasteiger partial charge in [0.15, 0.2) is 4.99 Å². The second-order valence-corrected chi connectivity index (χ2v) is 6.85. The first-order valence-electron chi connectivity index (χ1n) is 7.86. The number of hydrogen-bond donors (Lipinski definition) is 0. The maximum Gasteiger partial charge on any atom is 0.220 e. The number of hydrogen-bond acceptors (Lipinski definition) is 2. The maximum atomic E-state index is 12.9. The van der Waals surface area contributed by atoms with E-state index in [0.717, 1.165) is 15.7 Å². The fraction of sp³-hybridized carbons (Fsp3) is 0.0476. The zero-order chi connectivity index (χ0) is 17.6. The summed E-state index contributed by atoms with van der Waals surface area (Å²) in [6.45, 7) is 0.548. The first-order chi connectivity index (χ1) is 12.1. The molecule has 0 amide bonds. The Balaban J connectivity index is 1.92. The average molecular weight is 410 g/mol. The second-order valence-electron chi connectivity index (χ2n) is 5.55. The number of rotatable bonds is 5. The first kappa shape index (κ1) is 17.5. The van der Waals surface area contributed by atoms with Crippen molar-refractivity contribution in [2.24, 2.45) is 0 Å². The summed E-state index contributed by atoms with van der Waals surface area (Å²) >= 11 is 8.95. The van der Waals surface area contributed by atoms with E-state index < -0.39 is 0 Å². The molecule has 4 heteroatoms. The molecule has 3 aromatic rings. The molecule has 0 unspecified atom stereocenters. The highest BCUT2D eigenvalue weighted by Gasteiger charge is 2.20. The van der Waals surface area contributed by atoms with E-state index in [-0.39, 0.29) is 10.8 Å². The van der Waals surface area contributed by atoms with Gasteiger partial charge in [0.2, 0.25) is 5.78 Å². The lowest BCUT2D eigenvalue weighted by Gasteiger charge is -2.25. The van der Waals surface area contributed by atoms with Crippen molar-refractivity contribution >= 4 is 44.6 Å². The standard InChI is InChI=1S/C21H16BrNOS/c22-18-13-11-17(12-14-18)20(24)21(25)23(19-9-5-2-6-10-19)15-16-7-3-1-4-8-16/h1-14H,15H2. The zero-order valence-electron chi connectivity index (χ0n) is 13.4. The number of ketones is 1. The van der Waals surface area contributed by atoms with E-state index in [1.165, 1.54) is 0 Å². The Labute approximate surface area is 161 Å². The van der Waals surface area contributed by atoms with Crippen LogP contribution >= 0.6 is 28.1 Å². The molecule has 0 radical (unpaired) electrons. The van der Waals surface area contributed by atoms with Crippen LogP contribution in [0.15, 0.2) is 89.4 Å². The molecule has 0 saturated heterocycles. The summed E-state index contributed by atoms with van der Waals surface area (Å²) in [6.07, 6.45) is 0. The van der Waals surface area contributed by atoms with Crippen LogP contribution in [0, 0.1) is 0 Å². The lowest BCUT2D eigenvalue weighted by molar-refractivity contribution is 0.106. The monoisotopic (exact) mass is 409 g/mol. The van der Waals surface area contributed by atoms with Gasteiger partial charge in [-0.3, -0.25) is 4.79 Å². The number of benzene rings is 3. The summed E-state index contributed by atoms with van der Waals surface area (Å²) in [7, 11) is 0. The fourth-order valence-corrected chi connectivity index (χ4v) is 3.05. The van der Waals surface area contributed by atoms with E-state index in [1.807, 2.05) is 77.7 Å². The van der Waals surface area contributed by atoms with E-state index in [2.05, 4.69) is 15.9 Å². The maximum absolute atomic E-state index is 12.9. The van der Waals surface area contributed by atoms with Crippen LogP contribution in [0.4, 0.5) is 5.69 Å². The van der Waals surface area contributed by atoms with Crippen molar-refractivity contribution in [3.8, 4) is 0 Å². The lowest BCUT2D eigenvalue weighted by atomic mass is 10.1. The van der Waals surface area contributed by atoms with Crippen LogP contribution in [0.5, 0.6) is 0 Å². The molecule has 0 aliphatic rings. The van der Waals surface area contributed by atoms with E-state index in [0.29, 0.717) is 12.1 Å². The van der Waals surface area contributed by atoms with Gasteiger partial charge in [-0.2, -0.15) is 0 Å². The molecule has 25 heavy (non-hydrogen) atoms. The number of carbonyl (C=O) groups is 1. The Bertz CT molecular complexity index is 863. The predicted octanol–water partition coefficient (Wildman–Crippen LogP) is 5.67. The topological polar surface area (TPSA) is 20.3 Å². The summed E-state index contributed by atoms with van der Waals surface area (Å²) in [4.78, 5) is 15.0. The molecular formula is C21H16BrNOS. The van der Waals surface area contributed by atoms with Gasteiger partial charge in [-0.15, -0.1) is 0 Å². The highest BCUT2D eigenvalue weighted by Crippen LogP contribution is 2.20. The van der Waals surface area contributed by atoms with Gasteiger partial charge >= 0.3 is 0 Å². The summed E-state index contributed by atoms with van der Waals surface area (Å²) in [5.41, 5.74) is 2.58. The molecule has 0 N–H and O–H groups in total. The molecule has 2 nitrogen and oxygen atoms in total. The number of nitrogens with zero attached hydrogens (tertiary/aromatic N) is 1. The average Bonchev–Trinajstić information content (AvgIpc) is 2.67. The molecule has 0 saturated carbocycles. The summed E-state index contributed by atoms with van der Waals surface area (Å²) < 4.78 is 0.930. The van der Waals surface area contributed by atoms with Crippen molar-refractivity contribution in [1.29, 1.82) is 0 Å². The summed E-state index contributed by atoms with van der Waals surface area (Å²) in [5, 5.41) is 0. The fourth-order valence-electron chi connectivity index (χ4n) is 2.50. The molecule has 0 aromatic heterocycles. The minimum absolute atomic E-state index is 0.151. The summed E-state index contributed by atoms with van der Waals surface area (Å²) in [6, 6.07) is 27.0. The van der Waals surface area contributed by atoms with Crippen LogP contribution in [0.25, 0.3) is 0 Å². The normalized spacial score (nSPS) is 10.3. The summed E-state index contributed by atoms with van der Waals surface area (Å²) in [5.74, 6) is -0.151. The predicted molar refractivity (Wildman–Crippen MR) is 110 cm³/mol. The number of thiocarbonyl (C=S) groups is 1. The smallest absolute Gasteiger partial charge is 0.220 e. The SMILES string of the molecule is O=C(C(=S)N(Cc1ccccc1)c1ccccc1)c1ccc(Br)cc1. The van der Waals surface area contributed by atoms with Gasteiger partial charge in [-0.25, -0.2) is 0 Å². The third-order valence-electron chi connectivity index (χ3n) is 3.80. The Morgan fingerprint density at radius 2 is 1.40 bits per heavy atom. The molecule has 3 rings (SSSR count). The number of anilines is 1. The first-order valence-corrected chi connectivity index (χ1v) is 9.06. The Morgan fingerprint density at radius 1 is 0.840 bits per heavy atom. The molecule has 0 aliphatic heterocycles. The number of Topliss-reactive ketones (excluding diaryl/α,β-unsaturated/α-hetero) is 1. The molecule has 0 aliphatic carbocycles. The van der Waals surface area contributed by atoms with Gasteiger partial charge in [0.25, 0.3) is 0 Å². The van der Waals surface area contributed by atoms with E-state index >= 15 is 0 Å². The molecule has 0 fully saturated rings. The van der Waals surface area contributed by atoms with Crippen LogP contribution in [0.2, 0.25) is 0 Å². The van der Waals surface area contributed by atoms with Crippen molar-refractivity contribution in [2.75, 3.05) is 4.90 Å². The van der Waals surface area contributed by atoms with Crippen molar-refractivity contribution in [1.82, 2.24) is 0 Å². The zero-order valence-corrected chi connectivity index (χ0v) is 15.8. The van der Waals surface area contributed by atoms with Crippen molar-refractivity contribution in [3.63, 3.8) is 0 Å². The molecular weight excluding hydrogens is 394 g/mol. The number of carbonyl (C=O) groups excluding carboxylic acids is 1. The van der Waals surface area contributed by atoms with Crippen molar-refractivity contribution in [3.05, 3.63) is 101 Å². The van der Waals surface area contributed by atoms with Gasteiger partial charge in [-0.1, -0.05) is 76.7 Å². The minimum atomic E-state index is -0.151. The Morgan fingerprint density at radius 3 is 2.00 bits per heavy atom. The molecule has 3 aromatic carbocycles.